The van der Waals surface area contributed by atoms with E-state index in [0.29, 0.717) is 0 Å². The molecule has 0 spiro atoms. The van der Waals surface area contributed by atoms with Gasteiger partial charge in [0.1, 0.15) is 0 Å². The lowest BCUT2D eigenvalue weighted by Crippen LogP contribution is -0.382. The van der Waals surface area contributed by atoms with Gasteiger partial charge < -0.3 is 0 Å². The molecule has 0 bridgehead atoms. The normalized spacial score (nSPS) is 0. The third kappa shape index (κ3) is 58.5. The Hall–Kier alpha value is 1.29. The summed E-state index contributed by atoms with van der Waals surface area (Å²) < 4.78 is 0. The summed E-state index contributed by atoms with van der Waals surface area (Å²) in [5, 5.41) is 0. The van der Waals surface area contributed by atoms with Gasteiger partial charge in [-0.05, 0) is 0 Å². The Morgan fingerprint density at radius 2 is 0.333 bits per heavy atom. The van der Waals surface area contributed by atoms with Crippen LogP contribution in [0.4, 0.5) is 0 Å². The van der Waals surface area contributed by atoms with E-state index in [2.05, 4.69) is 0 Å². The van der Waals surface area contributed by atoms with E-state index in [0.717, 1.165) is 0 Å². The highest BCUT2D eigenvalue weighted by Crippen LogP contribution is 0.693. The maximum atomic E-state index is 0. The van der Waals surface area contributed by atoms with Crippen molar-refractivity contribution in [3.8, 4) is 0 Å². The topological polar surface area (TPSA) is 0 Å². The molecule has 0 atom stereocenters. The summed E-state index contributed by atoms with van der Waals surface area (Å²) >= 11 is 0. The van der Waals surface area contributed by atoms with E-state index in [1.165, 1.54) is 0 Å². The van der Waals surface area contributed by atoms with E-state index in [1.807, 2.05) is 0 Å². The molecule has 6 heteroatoms. The van der Waals surface area contributed by atoms with Gasteiger partial charge in [0.25, 0.3) is 0 Å². The van der Waals surface area contributed by atoms with Gasteiger partial charge in [0.2, 0.25) is 0 Å². The van der Waals surface area contributed by atoms with Crippen molar-refractivity contribution in [3.63, 3.8) is 0 Å². The molecule has 0 heterocycles. The molecule has 0 unspecified atom stereocenters. The quantitative estimate of drug-likeness (QED) is 0.426. The molecule has 0 aliphatic carbocycles. The van der Waals surface area contributed by atoms with Gasteiger partial charge in [0.15, 0.2) is 0 Å². The van der Waals surface area contributed by atoms with Crippen LogP contribution < -0.4 is 0 Å². The molecule has 0 saturated carbocycles. The summed E-state index contributed by atoms with van der Waals surface area (Å²) in [6.45, 7) is 0. The molecule has 0 aromatic carbocycles. The van der Waals surface area contributed by atoms with Gasteiger partial charge in [-0.2, -0.15) is 0 Å². The summed E-state index contributed by atoms with van der Waals surface area (Å²) in [5.41, 5.74) is 0. The molecule has 0 fully saturated rings. The second-order valence-corrected chi connectivity index (χ2v) is 0. The molecule has 0 saturated heterocycles. The van der Waals surface area contributed by atoms with Crippen LogP contribution in [0.2, 0.25) is 0 Å². The fourth-order valence-electron chi connectivity index (χ4n) is 0. The lowest BCUT2D eigenvalue weighted by molar-refractivity contribution is 5.75. The van der Waals surface area contributed by atoms with Crippen molar-refractivity contribution in [2.75, 3.05) is 0 Å². The zero-order valence-electron chi connectivity index (χ0n) is 1.63. The van der Waals surface area contributed by atoms with E-state index >= 15 is 0 Å². The van der Waals surface area contributed by atoms with Crippen LogP contribution in [0.25, 0.3) is 0 Å². The minimum absolute atomic E-state index is 0. The van der Waals surface area contributed by atoms with Crippen molar-refractivity contribution in [1.29, 1.82) is 0 Å². The highest BCUT2D eigenvalue weighted by atomic mass is 35.5. The minimum Gasteiger partial charge on any atom is -0.147 e. The highest BCUT2D eigenvalue weighted by Gasteiger charge is 0.0824. The average molecular weight is 174 g/mol. The Labute approximate surface area is 66.6 Å². The van der Waals surface area contributed by atoms with Crippen molar-refractivity contribution < 1.29 is 0 Å². The second kappa shape index (κ2) is 106. The lowest BCUT2D eigenvalue weighted by atomic mass is 10.8. The fraction of sp³-hybridized carbons (Fsp3) is 0. The number of halogens is 4. The highest BCUT2D eigenvalue weighted by molar-refractivity contribution is 5.86. The van der Waals surface area contributed by atoms with Crippen LogP contribution in [0, 0.1) is 0 Å². The molecular formula is H10B2Cl4. The Balaban J connectivity index is 0. The van der Waals surface area contributed by atoms with Gasteiger partial charge in [-0.3, -0.25) is 0 Å². The molecule has 0 aliphatic rings. The van der Waals surface area contributed by atoms with Gasteiger partial charge in [-0.1, -0.05) is 0 Å². The maximum Gasteiger partial charge on any atom is 0.0814 e. The smallest absolute Gasteiger partial charge is 0.0814 e. The van der Waals surface area contributed by atoms with Crippen LogP contribution >= 0.6 is 49.6 Å². The first-order valence-corrected chi connectivity index (χ1v) is 0. The number of rotatable bonds is 0. The lowest BCUT2D eigenvalue weighted by Gasteiger charge is -0.148. The molecule has 0 nitrogen and oxygen atoms in total. The predicted octanol–water partition coefficient (Wildman–Crippen LogP) is -0.681. The van der Waals surface area contributed by atoms with Crippen molar-refractivity contribution in [1.82, 2.24) is 0 Å². The molecule has 0 rings (SSSR count). The second-order valence-electron chi connectivity index (χ2n) is 0. The van der Waals surface area contributed by atoms with Crippen molar-refractivity contribution in [3.05, 3.63) is 0 Å². The summed E-state index contributed by atoms with van der Waals surface area (Å²) in [5.74, 6) is 0. The average Bonchev–Trinajstić information content (AvgIpc) is 0. The summed E-state index contributed by atoms with van der Waals surface area (Å²) in [6, 6.07) is 0. The standard InChI is InChI=1S/2BH3.4ClH/h2*1H3;4*1H. The van der Waals surface area contributed by atoms with E-state index < -0.39 is 0 Å². The van der Waals surface area contributed by atoms with Crippen LogP contribution in [0.3, 0.4) is 0 Å². The fourth-order valence-corrected chi connectivity index (χ4v) is 0. The Kier molecular flexibility index (Phi) is 3060. The van der Waals surface area contributed by atoms with Crippen molar-refractivity contribution >= 4 is 66.5 Å². The Bertz CT molecular complexity index is 5.51. The third-order valence-corrected chi connectivity index (χ3v) is 0. The first-order valence-electron chi connectivity index (χ1n) is 0. The van der Waals surface area contributed by atoms with Crippen LogP contribution in [0.15, 0.2) is 0 Å². The van der Waals surface area contributed by atoms with Crippen LogP contribution in [0.5, 0.6) is 0 Å². The summed E-state index contributed by atoms with van der Waals surface area (Å²) in [6.07, 6.45) is 0. The molecular weight excluding hydrogens is 163 g/mol. The van der Waals surface area contributed by atoms with Gasteiger partial charge in [-0.25, -0.2) is 0 Å². The van der Waals surface area contributed by atoms with Crippen molar-refractivity contribution in [2.45, 2.75) is 0 Å². The van der Waals surface area contributed by atoms with E-state index in [1.54, 1.807) is 0 Å². The predicted molar refractivity (Wildman–Crippen MR) is 48.9 cm³/mol. The van der Waals surface area contributed by atoms with Gasteiger partial charge in [0.05, 0.1) is 16.8 Å². The van der Waals surface area contributed by atoms with Crippen LogP contribution in [-0.4, -0.2) is 16.8 Å². The van der Waals surface area contributed by atoms with E-state index in [4.69, 9.17) is 0 Å². The van der Waals surface area contributed by atoms with E-state index in [9.17, 15) is 0 Å². The molecule has 44 valence electrons. The summed E-state index contributed by atoms with van der Waals surface area (Å²) in [7, 11) is 0. The van der Waals surface area contributed by atoms with Gasteiger partial charge >= 0.3 is 0 Å². The van der Waals surface area contributed by atoms with Gasteiger partial charge in [0, 0.05) is 0 Å². The number of hydrogen-bond acceptors (Lipinski definition) is 0. The maximum absolute atomic E-state index is 0. The number of hydrogen-bond donors (Lipinski definition) is 0. The Morgan fingerprint density at radius 3 is 0.333 bits per heavy atom. The molecule has 0 radical (unpaired) electrons. The van der Waals surface area contributed by atoms with Crippen LogP contribution in [0.1, 0.15) is 0 Å². The Morgan fingerprint density at radius 1 is 0.333 bits per heavy atom. The third-order valence-electron chi connectivity index (χ3n) is 0. The van der Waals surface area contributed by atoms with Gasteiger partial charge in [-0.15, -0.1) is 49.6 Å². The molecule has 6 heavy (non-hydrogen) atoms. The zero-order valence-corrected chi connectivity index (χ0v) is 4.90. The van der Waals surface area contributed by atoms with E-state index in [-0.39, 0.29) is 66.5 Å². The molecule has 0 aliphatic heterocycles. The zero-order chi connectivity index (χ0) is 0. The molecule has 0 aromatic heterocycles. The first kappa shape index (κ1) is 173. The first-order chi connectivity index (χ1) is 0. The monoisotopic (exact) mass is 172 g/mol. The SMILES string of the molecule is B.B.Cl.Cl.Cl.Cl. The van der Waals surface area contributed by atoms with Crippen molar-refractivity contribution in [2.24, 2.45) is 0 Å². The largest absolute Gasteiger partial charge is 0.147 e. The molecule has 0 amide bonds. The summed E-state index contributed by atoms with van der Waals surface area (Å²) in [4.78, 5) is 0. The van der Waals surface area contributed by atoms with Crippen LogP contribution in [-0.2, 0) is 0 Å². The molecule has 0 aromatic rings. The minimum atomic E-state index is 0. The molecule has 0 N–H and O–H groups in total.